The van der Waals surface area contributed by atoms with Crippen LogP contribution in [0.3, 0.4) is 0 Å². The van der Waals surface area contributed by atoms with Crippen LogP contribution < -0.4 is 14.4 Å². The molecule has 0 spiro atoms. The van der Waals surface area contributed by atoms with Crippen molar-refractivity contribution in [2.45, 2.75) is 32.4 Å². The summed E-state index contributed by atoms with van der Waals surface area (Å²) in [5, 5.41) is 3.09. The molecule has 1 amide bonds. The second-order valence-electron chi connectivity index (χ2n) is 10.1. The highest BCUT2D eigenvalue weighted by Gasteiger charge is 2.24. The summed E-state index contributed by atoms with van der Waals surface area (Å²) in [6, 6.07) is 16.5. The Morgan fingerprint density at radius 3 is 2.66 bits per heavy atom. The smallest absolute Gasteiger partial charge is 0.264 e. The molecule has 0 N–H and O–H groups in total. The van der Waals surface area contributed by atoms with Gasteiger partial charge in [0.1, 0.15) is 5.82 Å². The molecule has 0 saturated carbocycles. The highest BCUT2D eigenvalue weighted by Crippen LogP contribution is 2.34. The number of benzene rings is 2. The van der Waals surface area contributed by atoms with Gasteiger partial charge in [-0.3, -0.25) is 4.79 Å². The summed E-state index contributed by atoms with van der Waals surface area (Å²) in [7, 11) is 0. The Morgan fingerprint density at radius 1 is 0.974 bits per heavy atom. The van der Waals surface area contributed by atoms with Crippen LogP contribution in [0.5, 0.6) is 11.5 Å². The zero-order valence-electron chi connectivity index (χ0n) is 21.2. The third kappa shape index (κ3) is 4.48. The van der Waals surface area contributed by atoms with E-state index >= 15 is 0 Å². The van der Waals surface area contributed by atoms with E-state index in [1.54, 1.807) is 0 Å². The van der Waals surface area contributed by atoms with Crippen molar-refractivity contribution in [2.75, 3.05) is 38.0 Å². The van der Waals surface area contributed by atoms with Gasteiger partial charge in [0.25, 0.3) is 5.91 Å². The van der Waals surface area contributed by atoms with E-state index in [4.69, 9.17) is 19.2 Å². The molecule has 0 bridgehead atoms. The second kappa shape index (κ2) is 9.93. The fraction of sp³-hybridized carbons (Fsp3) is 0.333. The average Bonchev–Trinajstić information content (AvgIpc) is 3.73. The summed E-state index contributed by atoms with van der Waals surface area (Å²) in [5.74, 6) is 2.43. The van der Waals surface area contributed by atoms with Crippen LogP contribution >= 0.6 is 11.3 Å². The minimum atomic E-state index is 0.0136. The van der Waals surface area contributed by atoms with E-state index in [0.29, 0.717) is 26.3 Å². The number of thiophene rings is 1. The van der Waals surface area contributed by atoms with Gasteiger partial charge in [0.15, 0.2) is 11.5 Å². The Morgan fingerprint density at radius 2 is 1.82 bits per heavy atom. The van der Waals surface area contributed by atoms with Crippen molar-refractivity contribution in [3.63, 3.8) is 0 Å². The number of morpholine rings is 1. The highest BCUT2D eigenvalue weighted by molar-refractivity contribution is 7.12. The van der Waals surface area contributed by atoms with E-state index < -0.39 is 0 Å². The molecule has 0 unspecified atom stereocenters. The van der Waals surface area contributed by atoms with Crippen molar-refractivity contribution < 1.29 is 19.0 Å². The molecular formula is C30H29N3O4S. The van der Waals surface area contributed by atoms with Crippen LogP contribution in [-0.4, -0.2) is 48.9 Å². The molecule has 8 heteroatoms. The normalized spacial score (nSPS) is 16.2. The van der Waals surface area contributed by atoms with Gasteiger partial charge in [0, 0.05) is 30.6 Å². The first-order valence-corrected chi connectivity index (χ1v) is 14.1. The molecular weight excluding hydrogens is 498 g/mol. The van der Waals surface area contributed by atoms with E-state index in [-0.39, 0.29) is 12.7 Å². The fourth-order valence-electron chi connectivity index (χ4n) is 5.67. The predicted molar refractivity (Wildman–Crippen MR) is 147 cm³/mol. The molecule has 0 radical (unpaired) electrons. The van der Waals surface area contributed by atoms with Crippen molar-refractivity contribution in [2.24, 2.45) is 0 Å². The molecule has 1 saturated heterocycles. The Balaban J connectivity index is 1.29. The summed E-state index contributed by atoms with van der Waals surface area (Å²) < 4.78 is 16.7. The fourth-order valence-corrected chi connectivity index (χ4v) is 6.36. The summed E-state index contributed by atoms with van der Waals surface area (Å²) in [5.41, 5.74) is 5.93. The van der Waals surface area contributed by atoms with Crippen LogP contribution in [0.2, 0.25) is 0 Å². The number of anilines is 1. The molecule has 2 aromatic carbocycles. The lowest BCUT2D eigenvalue weighted by Gasteiger charge is -2.31. The van der Waals surface area contributed by atoms with E-state index in [1.807, 2.05) is 40.6 Å². The van der Waals surface area contributed by atoms with Crippen LogP contribution in [-0.2, 0) is 30.7 Å². The van der Waals surface area contributed by atoms with Crippen molar-refractivity contribution in [3.05, 3.63) is 81.0 Å². The lowest BCUT2D eigenvalue weighted by atomic mass is 10.0. The summed E-state index contributed by atoms with van der Waals surface area (Å²) in [6.07, 6.45) is 3.45. The Labute approximate surface area is 225 Å². The third-order valence-electron chi connectivity index (χ3n) is 7.59. The number of hydrogen-bond acceptors (Lipinski definition) is 7. The standard InChI is InChI=1S/C30H29N3O4S/c34-30(28-5-2-12-38-28)33(17-20-6-7-26-27(13-20)37-19-36-26)18-24-15-23-14-21-3-1-4-22(21)16-25(23)31-29(24)32-8-10-35-11-9-32/h2,5-7,12-16H,1,3-4,8-11,17-19H2. The number of fused-ring (bicyclic) bond motifs is 3. The van der Waals surface area contributed by atoms with Crippen LogP contribution in [0, 0.1) is 0 Å². The zero-order valence-corrected chi connectivity index (χ0v) is 22.0. The number of carbonyl (C=O) groups excluding carboxylic acids is 1. The number of aromatic nitrogens is 1. The van der Waals surface area contributed by atoms with Crippen LogP contribution in [0.4, 0.5) is 5.82 Å². The maximum atomic E-state index is 13.8. The van der Waals surface area contributed by atoms with Gasteiger partial charge in [0.05, 0.1) is 30.2 Å². The number of amides is 1. The molecule has 38 heavy (non-hydrogen) atoms. The van der Waals surface area contributed by atoms with Gasteiger partial charge in [-0.05, 0) is 77.7 Å². The number of nitrogens with zero attached hydrogens (tertiary/aromatic N) is 3. The van der Waals surface area contributed by atoms with Crippen molar-refractivity contribution >= 4 is 34.0 Å². The molecule has 1 fully saturated rings. The first kappa shape index (κ1) is 23.5. The Kier molecular flexibility index (Phi) is 6.14. The number of rotatable bonds is 6. The van der Waals surface area contributed by atoms with Gasteiger partial charge >= 0.3 is 0 Å². The largest absolute Gasteiger partial charge is 0.454 e. The van der Waals surface area contributed by atoms with Crippen molar-refractivity contribution in [3.8, 4) is 11.5 Å². The summed E-state index contributed by atoms with van der Waals surface area (Å²) >= 11 is 1.47. The monoisotopic (exact) mass is 527 g/mol. The van der Waals surface area contributed by atoms with Gasteiger partial charge in [0.2, 0.25) is 6.79 Å². The Hall–Kier alpha value is -3.62. The number of aryl methyl sites for hydroxylation is 2. The SMILES string of the molecule is O=C(c1cccs1)N(Cc1ccc2c(c1)OCO2)Cc1cc2cc3c(cc2nc1N1CCOCC1)CCC3. The topological polar surface area (TPSA) is 64.1 Å². The number of pyridine rings is 1. The van der Waals surface area contributed by atoms with Gasteiger partial charge < -0.3 is 24.0 Å². The van der Waals surface area contributed by atoms with E-state index in [2.05, 4.69) is 23.1 Å². The van der Waals surface area contributed by atoms with Crippen LogP contribution in [0.15, 0.2) is 53.9 Å². The molecule has 4 heterocycles. The predicted octanol–water partition coefficient (Wildman–Crippen LogP) is 5.19. The first-order chi connectivity index (χ1) is 18.7. The van der Waals surface area contributed by atoms with Crippen molar-refractivity contribution in [1.29, 1.82) is 0 Å². The number of ether oxygens (including phenoxy) is 3. The second-order valence-corrected chi connectivity index (χ2v) is 11.0. The zero-order chi connectivity index (χ0) is 25.5. The minimum Gasteiger partial charge on any atom is -0.454 e. The maximum absolute atomic E-state index is 13.8. The molecule has 7 nitrogen and oxygen atoms in total. The van der Waals surface area contributed by atoms with Gasteiger partial charge in [-0.15, -0.1) is 11.3 Å². The summed E-state index contributed by atoms with van der Waals surface area (Å²) in [6.45, 7) is 4.08. The van der Waals surface area contributed by atoms with Crippen LogP contribution in [0.25, 0.3) is 10.9 Å². The van der Waals surface area contributed by atoms with Crippen LogP contribution in [0.1, 0.15) is 38.3 Å². The lowest BCUT2D eigenvalue weighted by molar-refractivity contribution is 0.0734. The number of hydrogen-bond donors (Lipinski definition) is 0. The number of carbonyl (C=O) groups is 1. The third-order valence-corrected chi connectivity index (χ3v) is 8.44. The quantitative estimate of drug-likeness (QED) is 0.344. The Bertz CT molecular complexity index is 1500. The lowest BCUT2D eigenvalue weighted by Crippen LogP contribution is -2.38. The molecule has 1 aliphatic carbocycles. The van der Waals surface area contributed by atoms with E-state index in [1.165, 1.54) is 28.9 Å². The van der Waals surface area contributed by atoms with Crippen molar-refractivity contribution in [1.82, 2.24) is 9.88 Å². The average molecular weight is 528 g/mol. The first-order valence-electron chi connectivity index (χ1n) is 13.2. The van der Waals surface area contributed by atoms with Gasteiger partial charge in [-0.2, -0.15) is 0 Å². The van der Waals surface area contributed by atoms with E-state index in [9.17, 15) is 4.79 Å². The summed E-state index contributed by atoms with van der Waals surface area (Å²) in [4.78, 5) is 23.9. The maximum Gasteiger partial charge on any atom is 0.264 e. The minimum absolute atomic E-state index is 0.0136. The molecule has 2 aromatic heterocycles. The molecule has 2 aliphatic heterocycles. The van der Waals surface area contributed by atoms with Gasteiger partial charge in [-0.25, -0.2) is 4.98 Å². The molecule has 194 valence electrons. The molecule has 4 aromatic rings. The van der Waals surface area contributed by atoms with E-state index in [0.717, 1.165) is 70.2 Å². The highest BCUT2D eigenvalue weighted by atomic mass is 32.1. The van der Waals surface area contributed by atoms with Gasteiger partial charge in [-0.1, -0.05) is 12.1 Å². The molecule has 0 atom stereocenters. The molecule has 7 rings (SSSR count). The molecule has 3 aliphatic rings.